The molecule has 3 atom stereocenters. The maximum absolute atomic E-state index is 5.56. The molecule has 0 fully saturated rings. The van der Waals surface area contributed by atoms with E-state index in [0.717, 1.165) is 37.4 Å². The van der Waals surface area contributed by atoms with E-state index in [1.165, 1.54) is 16.7 Å². The van der Waals surface area contributed by atoms with Crippen LogP contribution < -0.4 is 20.1 Å². The Balaban J connectivity index is 1.98. The molecule has 4 nitrogen and oxygen atoms in total. The Morgan fingerprint density at radius 1 is 1.12 bits per heavy atom. The monoisotopic (exact) mass is 342 g/mol. The number of hydrogen-bond acceptors (Lipinski definition) is 2. The lowest BCUT2D eigenvalue weighted by molar-refractivity contribution is -0.957. The van der Waals surface area contributed by atoms with Gasteiger partial charge in [0.25, 0.3) is 0 Å². The lowest BCUT2D eigenvalue weighted by Crippen LogP contribution is -3.14. The van der Waals surface area contributed by atoms with E-state index in [9.17, 15) is 0 Å². The van der Waals surface area contributed by atoms with Crippen molar-refractivity contribution in [3.05, 3.63) is 59.2 Å². The van der Waals surface area contributed by atoms with E-state index in [-0.39, 0.29) is 0 Å². The summed E-state index contributed by atoms with van der Waals surface area (Å²) in [5, 5.41) is 0. The van der Waals surface area contributed by atoms with Gasteiger partial charge in [-0.05, 0) is 17.7 Å². The fourth-order valence-electron chi connectivity index (χ4n) is 3.99. The molecule has 0 aromatic heterocycles. The fourth-order valence-corrected chi connectivity index (χ4v) is 3.99. The summed E-state index contributed by atoms with van der Waals surface area (Å²) in [6, 6.07) is 15.9. The van der Waals surface area contributed by atoms with Gasteiger partial charge in [-0.3, -0.25) is 0 Å². The summed E-state index contributed by atoms with van der Waals surface area (Å²) in [5.74, 6) is 1.64. The molecule has 1 unspecified atom stereocenters. The van der Waals surface area contributed by atoms with Gasteiger partial charge < -0.3 is 20.1 Å². The molecule has 2 aromatic rings. The van der Waals surface area contributed by atoms with Gasteiger partial charge >= 0.3 is 0 Å². The zero-order chi connectivity index (χ0) is 17.8. The zero-order valence-corrected chi connectivity index (χ0v) is 15.5. The van der Waals surface area contributed by atoms with Crippen LogP contribution in [-0.4, -0.2) is 26.8 Å². The molecule has 1 aliphatic heterocycles. The van der Waals surface area contributed by atoms with Gasteiger partial charge in [-0.1, -0.05) is 37.3 Å². The highest BCUT2D eigenvalue weighted by Gasteiger charge is 2.38. The largest absolute Gasteiger partial charge is 0.493 e. The lowest BCUT2D eigenvalue weighted by Gasteiger charge is -2.36. The molecule has 0 radical (unpaired) electrons. The van der Waals surface area contributed by atoms with E-state index >= 15 is 0 Å². The smallest absolute Gasteiger partial charge is 0.166 e. The van der Waals surface area contributed by atoms with Crippen molar-refractivity contribution >= 4 is 0 Å². The average Bonchev–Trinajstić information content (AvgIpc) is 2.66. The van der Waals surface area contributed by atoms with Gasteiger partial charge in [-0.2, -0.15) is 0 Å². The molecule has 0 spiro atoms. The minimum Gasteiger partial charge on any atom is -0.493 e. The normalized spacial score (nSPS) is 20.6. The third-order valence-electron chi connectivity index (χ3n) is 5.41. The molecule has 0 bridgehead atoms. The van der Waals surface area contributed by atoms with Crippen molar-refractivity contribution in [1.82, 2.24) is 0 Å². The van der Waals surface area contributed by atoms with Crippen molar-refractivity contribution in [2.75, 3.05) is 20.8 Å². The Morgan fingerprint density at radius 2 is 1.80 bits per heavy atom. The standard InChI is InChI=1S/C21H28N2O2/c1-4-18(22)21-17-13-20(25-3)19(24-2)12-16(17)10-11-23(21)14-15-8-6-5-7-9-15/h5-9,12-13,18,21H,4,10-11,14,22H2,1-3H3/p+2/t18-,21-/m0/s1. The minimum absolute atomic E-state index is 0.371. The van der Waals surface area contributed by atoms with E-state index in [1.54, 1.807) is 19.1 Å². The van der Waals surface area contributed by atoms with E-state index in [2.05, 4.69) is 55.1 Å². The van der Waals surface area contributed by atoms with Crippen LogP contribution in [0.25, 0.3) is 0 Å². The summed E-state index contributed by atoms with van der Waals surface area (Å²) >= 11 is 0. The van der Waals surface area contributed by atoms with Crippen LogP contribution in [0, 0.1) is 0 Å². The van der Waals surface area contributed by atoms with Gasteiger partial charge in [-0.15, -0.1) is 0 Å². The summed E-state index contributed by atoms with van der Waals surface area (Å²) in [4.78, 5) is 1.59. The highest BCUT2D eigenvalue weighted by Crippen LogP contribution is 2.34. The number of ether oxygens (including phenoxy) is 2. The van der Waals surface area contributed by atoms with E-state index < -0.39 is 0 Å². The molecule has 0 aliphatic carbocycles. The Hall–Kier alpha value is -2.04. The van der Waals surface area contributed by atoms with Crippen LogP contribution in [0.2, 0.25) is 0 Å². The SMILES string of the molecule is CC[C@H]([NH3+])[C@@H]1c2cc(OC)c(OC)cc2CC[NH+]1Cc1ccccc1. The van der Waals surface area contributed by atoms with Crippen molar-refractivity contribution in [3.63, 3.8) is 0 Å². The summed E-state index contributed by atoms with van der Waals surface area (Å²) in [5.41, 5.74) is 8.61. The first-order chi connectivity index (χ1) is 12.2. The van der Waals surface area contributed by atoms with Crippen LogP contribution >= 0.6 is 0 Å². The highest BCUT2D eigenvalue weighted by molar-refractivity contribution is 5.49. The molecule has 25 heavy (non-hydrogen) atoms. The molecule has 1 heterocycles. The highest BCUT2D eigenvalue weighted by atomic mass is 16.5. The third-order valence-corrected chi connectivity index (χ3v) is 5.41. The summed E-state index contributed by atoms with van der Waals surface area (Å²) in [7, 11) is 3.41. The Morgan fingerprint density at radius 3 is 2.44 bits per heavy atom. The third kappa shape index (κ3) is 3.65. The second kappa shape index (κ2) is 7.89. The molecule has 0 saturated heterocycles. The zero-order valence-electron chi connectivity index (χ0n) is 15.5. The molecule has 134 valence electrons. The molecular formula is C21H30N2O2+2. The quantitative estimate of drug-likeness (QED) is 0.834. The molecule has 1 aliphatic rings. The number of methoxy groups -OCH3 is 2. The molecule has 3 rings (SSSR count). The summed E-state index contributed by atoms with van der Waals surface area (Å²) in [6.45, 7) is 4.38. The summed E-state index contributed by atoms with van der Waals surface area (Å²) < 4.78 is 11.1. The Labute approximate surface area is 150 Å². The lowest BCUT2D eigenvalue weighted by atomic mass is 9.86. The molecule has 4 N–H and O–H groups in total. The van der Waals surface area contributed by atoms with Crippen LogP contribution in [-0.2, 0) is 13.0 Å². The van der Waals surface area contributed by atoms with Crippen molar-refractivity contribution in [2.24, 2.45) is 0 Å². The molecule has 2 aromatic carbocycles. The number of fused-ring (bicyclic) bond motifs is 1. The molecule has 4 heteroatoms. The van der Waals surface area contributed by atoms with Gasteiger partial charge in [0.15, 0.2) is 17.5 Å². The summed E-state index contributed by atoms with van der Waals surface area (Å²) in [6.07, 6.45) is 2.13. The van der Waals surface area contributed by atoms with E-state index in [0.29, 0.717) is 12.1 Å². The Bertz CT molecular complexity index is 703. The predicted octanol–water partition coefficient (Wildman–Crippen LogP) is 1.41. The van der Waals surface area contributed by atoms with Gasteiger partial charge in [0.1, 0.15) is 12.6 Å². The minimum atomic E-state index is 0.371. The van der Waals surface area contributed by atoms with Crippen molar-refractivity contribution in [3.8, 4) is 11.5 Å². The van der Waals surface area contributed by atoms with Gasteiger partial charge in [-0.25, -0.2) is 0 Å². The number of quaternary nitrogens is 2. The topological polar surface area (TPSA) is 50.5 Å². The number of nitrogens with one attached hydrogen (secondary N) is 1. The van der Waals surface area contributed by atoms with Crippen molar-refractivity contribution in [1.29, 1.82) is 0 Å². The molecular weight excluding hydrogens is 312 g/mol. The first-order valence-corrected chi connectivity index (χ1v) is 9.14. The number of rotatable bonds is 6. The van der Waals surface area contributed by atoms with Crippen molar-refractivity contribution < 1.29 is 20.1 Å². The predicted molar refractivity (Wildman–Crippen MR) is 98.9 cm³/mol. The maximum Gasteiger partial charge on any atom is 0.166 e. The fraction of sp³-hybridized carbons (Fsp3) is 0.429. The van der Waals surface area contributed by atoms with Gasteiger partial charge in [0.05, 0.1) is 20.8 Å². The van der Waals surface area contributed by atoms with Crippen molar-refractivity contribution in [2.45, 2.75) is 38.4 Å². The van der Waals surface area contributed by atoms with Crippen LogP contribution in [0.1, 0.15) is 36.1 Å². The first kappa shape index (κ1) is 17.8. The second-order valence-electron chi connectivity index (χ2n) is 6.87. The number of hydrogen-bond donors (Lipinski definition) is 2. The molecule has 0 saturated carbocycles. The first-order valence-electron chi connectivity index (χ1n) is 9.14. The van der Waals surface area contributed by atoms with Crippen LogP contribution in [0.3, 0.4) is 0 Å². The van der Waals surface area contributed by atoms with E-state index in [4.69, 9.17) is 9.47 Å². The maximum atomic E-state index is 5.56. The molecule has 0 amide bonds. The Kier molecular flexibility index (Phi) is 5.61. The van der Waals surface area contributed by atoms with Crippen LogP contribution in [0.15, 0.2) is 42.5 Å². The van der Waals surface area contributed by atoms with Gasteiger partial charge in [0, 0.05) is 24.0 Å². The van der Waals surface area contributed by atoms with Crippen LogP contribution in [0.4, 0.5) is 0 Å². The van der Waals surface area contributed by atoms with Crippen LogP contribution in [0.5, 0.6) is 11.5 Å². The average molecular weight is 342 g/mol. The number of benzene rings is 2. The second-order valence-corrected chi connectivity index (χ2v) is 6.87. The van der Waals surface area contributed by atoms with Gasteiger partial charge in [0.2, 0.25) is 0 Å². The van der Waals surface area contributed by atoms with E-state index in [1.807, 2.05) is 0 Å².